The van der Waals surface area contributed by atoms with E-state index in [1.165, 1.54) is 0 Å². The third kappa shape index (κ3) is 2.98. The molecule has 0 fully saturated rings. The van der Waals surface area contributed by atoms with Crippen LogP contribution in [0.3, 0.4) is 0 Å². The Morgan fingerprint density at radius 3 is 2.38 bits per heavy atom. The van der Waals surface area contributed by atoms with E-state index in [0.717, 1.165) is 12.1 Å². The van der Waals surface area contributed by atoms with E-state index in [1.807, 2.05) is 0 Å². The molecule has 4 N–H and O–H groups in total. The van der Waals surface area contributed by atoms with E-state index in [9.17, 15) is 8.42 Å². The Kier molecular flexibility index (Phi) is 3.96. The van der Waals surface area contributed by atoms with Gasteiger partial charge in [0, 0.05) is 4.90 Å². The summed E-state index contributed by atoms with van der Waals surface area (Å²) in [6.07, 6.45) is 0. The van der Waals surface area contributed by atoms with Gasteiger partial charge in [0.15, 0.2) is 11.5 Å². The highest BCUT2D eigenvalue weighted by atomic mass is 32.2. The predicted molar refractivity (Wildman–Crippen MR) is 50.2 cm³/mol. The van der Waals surface area contributed by atoms with E-state index in [1.54, 1.807) is 0 Å². The third-order valence-electron chi connectivity index (χ3n) is 1.47. The minimum Gasteiger partial charge on any atom is -0.504 e. The molecule has 8 nitrogen and oxygen atoms in total. The molecular weight excluding hydrogens is 264 g/mol. The van der Waals surface area contributed by atoms with Gasteiger partial charge in [-0.25, -0.2) is 5.26 Å². The molecule has 0 spiro atoms. The summed E-state index contributed by atoms with van der Waals surface area (Å²) in [6.45, 7) is 0. The predicted octanol–water partition coefficient (Wildman–Crippen LogP) is 0.773. The molecule has 0 atom stereocenters. The molecule has 16 heavy (non-hydrogen) atoms. The smallest absolute Gasteiger partial charge is 0.298 e. The van der Waals surface area contributed by atoms with Crippen LogP contribution in [0.5, 0.6) is 11.5 Å². The molecule has 10 heteroatoms. The number of phenolic OH excluding ortho intramolecular Hbond substituents is 2. The SMILES string of the molecule is O=S(=O)(O)c1cc(SOOO)cc(O)c1O. The largest absolute Gasteiger partial charge is 0.504 e. The fourth-order valence-corrected chi connectivity index (χ4v) is 2.00. The van der Waals surface area contributed by atoms with Crippen molar-refractivity contribution in [1.29, 1.82) is 0 Å². The number of benzene rings is 1. The molecule has 0 aromatic heterocycles. The molecular formula is C6H6O8S2. The molecule has 0 aliphatic rings. The average molecular weight is 270 g/mol. The van der Waals surface area contributed by atoms with Crippen molar-refractivity contribution in [3.05, 3.63) is 12.1 Å². The van der Waals surface area contributed by atoms with Crippen molar-refractivity contribution in [2.75, 3.05) is 0 Å². The number of rotatable bonds is 4. The number of aromatic hydroxyl groups is 2. The maximum atomic E-state index is 10.8. The van der Waals surface area contributed by atoms with Crippen LogP contribution in [0.25, 0.3) is 0 Å². The van der Waals surface area contributed by atoms with Gasteiger partial charge >= 0.3 is 0 Å². The number of hydrogen-bond donors (Lipinski definition) is 4. The lowest BCUT2D eigenvalue weighted by Gasteiger charge is -2.05. The lowest BCUT2D eigenvalue weighted by molar-refractivity contribution is -0.432. The first kappa shape index (κ1) is 13.0. The van der Waals surface area contributed by atoms with E-state index in [-0.39, 0.29) is 4.90 Å². The molecule has 0 aliphatic carbocycles. The van der Waals surface area contributed by atoms with Crippen molar-refractivity contribution in [3.63, 3.8) is 0 Å². The summed E-state index contributed by atoms with van der Waals surface area (Å²) in [5.74, 6) is -1.77. The van der Waals surface area contributed by atoms with Crippen LogP contribution in [0, 0.1) is 0 Å². The van der Waals surface area contributed by atoms with E-state index >= 15 is 0 Å². The normalized spacial score (nSPS) is 11.6. The molecule has 90 valence electrons. The average Bonchev–Trinajstić information content (AvgIpc) is 2.17. The van der Waals surface area contributed by atoms with Crippen LogP contribution in [0.4, 0.5) is 0 Å². The van der Waals surface area contributed by atoms with Gasteiger partial charge in [-0.1, -0.05) is 5.04 Å². The Bertz CT molecular complexity index is 482. The summed E-state index contributed by atoms with van der Waals surface area (Å²) < 4.78 is 34.3. The van der Waals surface area contributed by atoms with Gasteiger partial charge in [-0.3, -0.25) is 4.55 Å². The maximum Gasteiger partial charge on any atom is 0.298 e. The first-order chi connectivity index (χ1) is 7.36. The van der Waals surface area contributed by atoms with Crippen LogP contribution in [0.1, 0.15) is 0 Å². The summed E-state index contributed by atoms with van der Waals surface area (Å²) in [7, 11) is -4.69. The molecule has 1 aromatic rings. The van der Waals surface area contributed by atoms with Gasteiger partial charge in [0.25, 0.3) is 10.1 Å². The van der Waals surface area contributed by atoms with E-state index in [0.29, 0.717) is 12.0 Å². The van der Waals surface area contributed by atoms with Gasteiger partial charge in [-0.15, -0.1) is 4.33 Å². The number of phenols is 2. The molecule has 0 unspecified atom stereocenters. The van der Waals surface area contributed by atoms with Gasteiger partial charge in [0.1, 0.15) is 4.90 Å². The molecule has 0 amide bonds. The Balaban J connectivity index is 3.23. The standard InChI is InChI=1S/C6H6O8S2/c7-4-1-3(15-14-13-9)2-5(6(4)8)16(10,11)12/h1-2,7-9H,(H,10,11,12). The summed E-state index contributed by atoms with van der Waals surface area (Å²) in [4.78, 5) is -0.923. The first-order valence-corrected chi connectivity index (χ1v) is 5.72. The molecule has 0 aliphatic heterocycles. The summed E-state index contributed by atoms with van der Waals surface area (Å²) in [5.41, 5.74) is 0. The van der Waals surface area contributed by atoms with Crippen molar-refractivity contribution >= 4 is 22.2 Å². The fourth-order valence-electron chi connectivity index (χ4n) is 0.868. The molecule has 1 rings (SSSR count). The molecule has 0 heterocycles. The second-order valence-corrected chi connectivity index (χ2v) is 4.65. The van der Waals surface area contributed by atoms with Crippen LogP contribution >= 0.6 is 12.0 Å². The molecule has 0 saturated heterocycles. The lowest BCUT2D eigenvalue weighted by Crippen LogP contribution is -1.99. The third-order valence-corrected chi connectivity index (χ3v) is 2.89. The Morgan fingerprint density at radius 2 is 1.88 bits per heavy atom. The Labute approximate surface area is 93.9 Å². The monoisotopic (exact) mass is 270 g/mol. The highest BCUT2D eigenvalue weighted by molar-refractivity contribution is 7.94. The van der Waals surface area contributed by atoms with E-state index in [4.69, 9.17) is 20.0 Å². The number of hydrogen-bond acceptors (Lipinski definition) is 8. The van der Waals surface area contributed by atoms with Gasteiger partial charge in [0.2, 0.25) is 0 Å². The second-order valence-electron chi connectivity index (χ2n) is 2.49. The molecule has 0 radical (unpaired) electrons. The zero-order valence-electron chi connectivity index (χ0n) is 7.39. The molecule has 0 saturated carbocycles. The highest BCUT2D eigenvalue weighted by Gasteiger charge is 2.20. The zero-order valence-corrected chi connectivity index (χ0v) is 9.03. The van der Waals surface area contributed by atoms with Crippen LogP contribution < -0.4 is 0 Å². The van der Waals surface area contributed by atoms with Gasteiger partial charge < -0.3 is 10.2 Å². The van der Waals surface area contributed by atoms with Crippen molar-refractivity contribution < 1.29 is 37.8 Å². The van der Waals surface area contributed by atoms with Crippen LogP contribution in [-0.2, 0) is 19.5 Å². The summed E-state index contributed by atoms with van der Waals surface area (Å²) in [5, 5.41) is 29.4. The van der Waals surface area contributed by atoms with Gasteiger partial charge in [-0.2, -0.15) is 8.42 Å². The van der Waals surface area contributed by atoms with E-state index < -0.39 is 26.5 Å². The first-order valence-electron chi connectivity index (χ1n) is 3.54. The van der Waals surface area contributed by atoms with Gasteiger partial charge in [0.05, 0.1) is 12.0 Å². The van der Waals surface area contributed by atoms with Crippen molar-refractivity contribution in [2.24, 2.45) is 0 Å². The minimum absolute atomic E-state index is 0.0306. The second kappa shape index (κ2) is 4.86. The van der Waals surface area contributed by atoms with Gasteiger partial charge in [-0.05, 0) is 12.1 Å². The van der Waals surface area contributed by atoms with Crippen LogP contribution in [0.15, 0.2) is 21.9 Å². The topological polar surface area (TPSA) is 134 Å². The van der Waals surface area contributed by atoms with Crippen molar-refractivity contribution in [3.8, 4) is 11.5 Å². The fraction of sp³-hybridized carbons (Fsp3) is 0. The summed E-state index contributed by atoms with van der Waals surface area (Å²) >= 11 is 0.355. The molecule has 0 bridgehead atoms. The quantitative estimate of drug-likeness (QED) is 0.206. The lowest BCUT2D eigenvalue weighted by atomic mass is 10.3. The Morgan fingerprint density at radius 1 is 1.25 bits per heavy atom. The maximum absolute atomic E-state index is 10.8. The van der Waals surface area contributed by atoms with Crippen LogP contribution in [-0.4, -0.2) is 28.4 Å². The molecule has 1 aromatic carbocycles. The van der Waals surface area contributed by atoms with Crippen molar-refractivity contribution in [1.82, 2.24) is 0 Å². The van der Waals surface area contributed by atoms with Crippen molar-refractivity contribution in [2.45, 2.75) is 9.79 Å². The summed E-state index contributed by atoms with van der Waals surface area (Å²) in [6, 6.07) is 1.75. The highest BCUT2D eigenvalue weighted by Crippen LogP contribution is 2.36. The Hall–Kier alpha value is -1.04. The van der Waals surface area contributed by atoms with E-state index in [2.05, 4.69) is 9.37 Å². The zero-order chi connectivity index (χ0) is 12.3. The van der Waals surface area contributed by atoms with Crippen LogP contribution in [0.2, 0.25) is 0 Å². The minimum atomic E-state index is -4.69.